The van der Waals surface area contributed by atoms with Gasteiger partial charge in [-0.2, -0.15) is 8.78 Å². The third kappa shape index (κ3) is 4.74. The van der Waals surface area contributed by atoms with Gasteiger partial charge < -0.3 is 15.0 Å². The third-order valence-electron chi connectivity index (χ3n) is 12.7. The van der Waals surface area contributed by atoms with Crippen molar-refractivity contribution >= 4 is 199 Å². The van der Waals surface area contributed by atoms with E-state index in [0.29, 0.717) is 49.0 Å². The Morgan fingerprint density at radius 3 is 1.73 bits per heavy atom. The minimum absolute atomic E-state index is 0.265. The van der Waals surface area contributed by atoms with Crippen LogP contribution >= 0.6 is 11.6 Å². The van der Waals surface area contributed by atoms with Crippen LogP contribution in [0.5, 0.6) is 0 Å². The van der Waals surface area contributed by atoms with Gasteiger partial charge in [0.25, 0.3) is 11.8 Å². The van der Waals surface area contributed by atoms with Crippen molar-refractivity contribution in [3.63, 3.8) is 0 Å². The van der Waals surface area contributed by atoms with Crippen molar-refractivity contribution in [3.8, 4) is 0 Å². The molecule has 7 nitrogen and oxygen atoms in total. The number of rotatable bonds is 5. The fourth-order valence-corrected chi connectivity index (χ4v) is 8.95. The number of nitrogens with zero attached hydrogens (tertiary/aromatic N) is 2. The lowest BCUT2D eigenvalue weighted by Crippen LogP contribution is -2.78. The van der Waals surface area contributed by atoms with Crippen molar-refractivity contribution in [1.82, 2.24) is 15.0 Å². The summed E-state index contributed by atoms with van der Waals surface area (Å²) in [6.45, 7) is 0. The number of benzene rings is 2. The summed E-state index contributed by atoms with van der Waals surface area (Å²) in [4.78, 5) is 58.4. The highest BCUT2D eigenvalue weighted by Gasteiger charge is 2.68. The average molecular weight is 651 g/mol. The second-order valence-corrected chi connectivity index (χ2v) is 16.1. The molecule has 1 N–H and O–H groups in total. The second-order valence-electron chi connectivity index (χ2n) is 15.7. The van der Waals surface area contributed by atoms with Crippen molar-refractivity contribution in [2.75, 3.05) is 0 Å². The Labute approximate surface area is 301 Å². The number of hydrogen-bond acceptors (Lipinski definition) is 4. The standard InChI is InChI=1S/C22H34B16ClF2N3O4/c23-5-2(13(30)42-15(46)18(40,41)4-8(26)10(28)12(39)11(29)9(4)27)7(25)6(24)1-3(5)21(34,35)44(14(1)45)20(33)17(48)43(38)16(47)19(31,32)22(20,36)37/h13H,23-38H2,(H,42,46). The van der Waals surface area contributed by atoms with Crippen LogP contribution in [0.2, 0.25) is 15.5 Å². The lowest BCUT2D eigenvalue weighted by molar-refractivity contribution is -0.150. The first-order chi connectivity index (χ1) is 21.6. The largest absolute Gasteiger partial charge is 0.352 e. The molecule has 2 atom stereocenters. The number of fused-ring (bicyclic) bond motifs is 1. The van der Waals surface area contributed by atoms with Crippen molar-refractivity contribution < 1.29 is 28.0 Å². The second kappa shape index (κ2) is 11.6. The van der Waals surface area contributed by atoms with E-state index in [2.05, 4.69) is 5.32 Å². The quantitative estimate of drug-likeness (QED) is 0.258. The van der Waals surface area contributed by atoms with E-state index in [1.54, 1.807) is 75.5 Å². The number of carbonyl (C=O) groups excluding carboxylic acids is 4. The van der Waals surface area contributed by atoms with Crippen LogP contribution in [0.25, 0.3) is 0 Å². The molecular formula is C22H34B16ClF2N3O4. The maximum Gasteiger partial charge on any atom is 0.348 e. The average Bonchev–Trinajstić information content (AvgIpc) is 3.20. The van der Waals surface area contributed by atoms with Crippen LogP contribution in [0.15, 0.2) is 0 Å². The summed E-state index contributed by atoms with van der Waals surface area (Å²) < 4.78 is 32.2. The summed E-state index contributed by atoms with van der Waals surface area (Å²) in [7, 11) is 27.7. The molecule has 2 unspecified atom stereocenters. The van der Waals surface area contributed by atoms with Crippen molar-refractivity contribution in [2.45, 2.75) is 33.1 Å². The van der Waals surface area contributed by atoms with Crippen LogP contribution in [-0.4, -0.2) is 164 Å². The van der Waals surface area contributed by atoms with Gasteiger partial charge in [0.1, 0.15) is 118 Å². The van der Waals surface area contributed by atoms with Gasteiger partial charge in [-0.1, -0.05) is 55.1 Å². The van der Waals surface area contributed by atoms with E-state index in [-0.39, 0.29) is 28.3 Å². The molecule has 1 saturated heterocycles. The van der Waals surface area contributed by atoms with Gasteiger partial charge in [-0.05, 0) is 16.3 Å². The topological polar surface area (TPSA) is 86.8 Å². The summed E-state index contributed by atoms with van der Waals surface area (Å²) in [6.07, 6.45) is 0. The molecule has 230 valence electrons. The number of alkyl halides is 2. The fourth-order valence-electron chi connectivity index (χ4n) is 8.67. The van der Waals surface area contributed by atoms with E-state index in [9.17, 15) is 19.2 Å². The Kier molecular flexibility index (Phi) is 9.33. The van der Waals surface area contributed by atoms with Gasteiger partial charge in [0.2, 0.25) is 19.8 Å². The van der Waals surface area contributed by atoms with Gasteiger partial charge in [0.05, 0.1) is 5.44 Å². The third-order valence-corrected chi connectivity index (χ3v) is 13.2. The first-order valence-corrected chi connectivity index (χ1v) is 16.7. The predicted molar refractivity (Wildman–Crippen MR) is 235 cm³/mol. The highest BCUT2D eigenvalue weighted by atomic mass is 35.5. The van der Waals surface area contributed by atoms with Crippen LogP contribution in [0, 0.1) is 0 Å². The van der Waals surface area contributed by atoms with Gasteiger partial charge >= 0.3 is 5.92 Å². The normalized spacial score (nSPS) is 21.9. The molecule has 0 spiro atoms. The molecule has 2 aliphatic rings. The SMILES string of the molecule is Bc1c(B)c(C(F)(F)C(=O)NC(B)c2c(B)c(B)c3c(c2B)C(B)(B)N(C2(B)C(=O)N(B)C(=O)C(B)(B)C2(B)B)C3=O)c(B)c(B)c1Cl. The van der Waals surface area contributed by atoms with Gasteiger partial charge in [0.15, 0.2) is 0 Å². The van der Waals surface area contributed by atoms with E-state index in [4.69, 9.17) is 11.6 Å². The Morgan fingerprint density at radius 1 is 0.771 bits per heavy atom. The highest BCUT2D eigenvalue weighted by molar-refractivity contribution is 6.69. The number of imide groups is 1. The van der Waals surface area contributed by atoms with Gasteiger partial charge in [-0.15, -0.1) is 0 Å². The van der Waals surface area contributed by atoms with E-state index >= 15 is 8.78 Å². The number of halogens is 3. The van der Waals surface area contributed by atoms with Crippen LogP contribution in [-0.2, 0) is 25.6 Å². The lowest BCUT2D eigenvalue weighted by Gasteiger charge is -2.64. The van der Waals surface area contributed by atoms with Crippen molar-refractivity contribution in [1.29, 1.82) is 0 Å². The maximum absolute atomic E-state index is 16.1. The number of piperidine rings is 1. The zero-order chi connectivity index (χ0) is 37.2. The minimum Gasteiger partial charge on any atom is -0.352 e. The summed E-state index contributed by atoms with van der Waals surface area (Å²) >= 11 is 6.39. The number of carbonyl (C=O) groups is 4. The van der Waals surface area contributed by atoms with Crippen LogP contribution in [0.4, 0.5) is 8.78 Å². The smallest absolute Gasteiger partial charge is 0.348 e. The molecule has 2 aliphatic heterocycles. The Morgan fingerprint density at radius 2 is 1.25 bits per heavy atom. The summed E-state index contributed by atoms with van der Waals surface area (Å²) in [5.41, 5.74) is 3.48. The Hall–Kier alpha value is -2.29. The van der Waals surface area contributed by atoms with Crippen LogP contribution < -0.4 is 43.6 Å². The summed E-state index contributed by atoms with van der Waals surface area (Å²) in [5, 5.41) is -0.0516. The molecule has 48 heavy (non-hydrogen) atoms. The van der Waals surface area contributed by atoms with Crippen LogP contribution in [0.3, 0.4) is 0 Å². The molecule has 2 heterocycles. The fraction of sp³-hybridized carbons (Fsp3) is 0.273. The molecule has 0 aliphatic carbocycles. The lowest BCUT2D eigenvalue weighted by atomic mass is 9.20. The highest BCUT2D eigenvalue weighted by Crippen LogP contribution is 2.58. The molecule has 1 fully saturated rings. The number of amides is 4. The first-order valence-electron chi connectivity index (χ1n) is 16.4. The minimum atomic E-state index is -3.85. The molecule has 0 radical (unpaired) electrons. The van der Waals surface area contributed by atoms with E-state index in [1.807, 2.05) is 47.1 Å². The number of nitrogens with one attached hydrogen (secondary N) is 1. The Balaban J connectivity index is 1.86. The molecule has 26 heteroatoms. The van der Waals surface area contributed by atoms with Gasteiger partial charge in [-0.3, -0.25) is 19.2 Å². The van der Waals surface area contributed by atoms with E-state index in [0.717, 1.165) is 4.81 Å². The van der Waals surface area contributed by atoms with E-state index in [1.165, 1.54) is 7.98 Å². The molecule has 2 aromatic rings. The molecule has 4 rings (SSSR count). The van der Waals surface area contributed by atoms with E-state index < -0.39 is 44.9 Å². The molecule has 2 aromatic carbocycles. The summed E-state index contributed by atoms with van der Waals surface area (Å²) in [5.74, 6) is -7.27. The molecule has 4 amide bonds. The zero-order valence-corrected chi connectivity index (χ0v) is 32.0. The molecular weight excluding hydrogens is 617 g/mol. The van der Waals surface area contributed by atoms with Crippen LogP contribution in [0.1, 0.15) is 33.0 Å². The maximum atomic E-state index is 16.1. The van der Waals surface area contributed by atoms with Gasteiger partial charge in [-0.25, -0.2) is 0 Å². The first kappa shape index (κ1) is 38.5. The number of hydrogen-bond donors (Lipinski definition) is 1. The molecule has 0 saturated carbocycles. The Bertz CT molecular complexity index is 1830. The summed E-state index contributed by atoms with van der Waals surface area (Å²) in [6, 6.07) is 0. The molecule has 0 bridgehead atoms. The van der Waals surface area contributed by atoms with Crippen molar-refractivity contribution in [3.05, 3.63) is 27.3 Å². The van der Waals surface area contributed by atoms with Gasteiger partial charge in [0, 0.05) is 27.4 Å². The predicted octanol–water partition coefficient (Wildman–Crippen LogP) is -18.5. The van der Waals surface area contributed by atoms with Crippen molar-refractivity contribution in [2.24, 2.45) is 0 Å². The molecule has 0 aromatic heterocycles. The zero-order valence-electron chi connectivity index (χ0n) is 31.2. The monoisotopic (exact) mass is 653 g/mol.